The third kappa shape index (κ3) is 4.76. The van der Waals surface area contributed by atoms with E-state index in [1.165, 1.54) is 0 Å². The van der Waals surface area contributed by atoms with Crippen molar-refractivity contribution in [1.29, 1.82) is 0 Å². The minimum absolute atomic E-state index is 0.0138. The Labute approximate surface area is 165 Å². The molecule has 0 saturated heterocycles. The number of aromatic nitrogens is 2. The van der Waals surface area contributed by atoms with Crippen LogP contribution in [-0.2, 0) is 22.6 Å². The highest BCUT2D eigenvalue weighted by atomic mass is 16.2. The second kappa shape index (κ2) is 8.69. The molecule has 0 bridgehead atoms. The monoisotopic (exact) mass is 378 g/mol. The number of para-hydroxylation sites is 2. The first-order valence-corrected chi connectivity index (χ1v) is 9.52. The van der Waals surface area contributed by atoms with Crippen molar-refractivity contribution in [1.82, 2.24) is 14.9 Å². The molecule has 6 heteroatoms. The van der Waals surface area contributed by atoms with E-state index in [4.69, 9.17) is 0 Å². The molecule has 2 aromatic carbocycles. The van der Waals surface area contributed by atoms with Crippen molar-refractivity contribution in [3.8, 4) is 0 Å². The fourth-order valence-electron chi connectivity index (χ4n) is 3.06. The van der Waals surface area contributed by atoms with Crippen LogP contribution in [-0.4, -0.2) is 27.9 Å². The van der Waals surface area contributed by atoms with Gasteiger partial charge in [-0.3, -0.25) is 9.59 Å². The number of hydrogen-bond donors (Lipinski definition) is 2. The second-order valence-electron chi connectivity index (χ2n) is 7.22. The number of amides is 2. The molecule has 0 aliphatic carbocycles. The molecule has 146 valence electrons. The quantitative estimate of drug-likeness (QED) is 0.662. The largest absolute Gasteiger partial charge is 0.355 e. The van der Waals surface area contributed by atoms with Crippen molar-refractivity contribution in [3.63, 3.8) is 0 Å². The summed E-state index contributed by atoms with van der Waals surface area (Å²) >= 11 is 0. The highest BCUT2D eigenvalue weighted by Gasteiger charge is 2.14. The lowest BCUT2D eigenvalue weighted by molar-refractivity contribution is -0.124. The Balaban J connectivity index is 1.76. The molecule has 0 aliphatic rings. The minimum Gasteiger partial charge on any atom is -0.355 e. The van der Waals surface area contributed by atoms with Gasteiger partial charge in [0.1, 0.15) is 12.4 Å². The van der Waals surface area contributed by atoms with Gasteiger partial charge in [-0.1, -0.05) is 38.1 Å². The van der Waals surface area contributed by atoms with Crippen LogP contribution in [0.2, 0.25) is 0 Å². The van der Waals surface area contributed by atoms with Gasteiger partial charge >= 0.3 is 0 Å². The van der Waals surface area contributed by atoms with Crippen LogP contribution >= 0.6 is 0 Å². The molecule has 2 amide bonds. The van der Waals surface area contributed by atoms with Gasteiger partial charge < -0.3 is 15.2 Å². The van der Waals surface area contributed by atoms with Crippen molar-refractivity contribution < 1.29 is 9.59 Å². The first-order valence-electron chi connectivity index (χ1n) is 9.52. The summed E-state index contributed by atoms with van der Waals surface area (Å²) in [7, 11) is 0. The van der Waals surface area contributed by atoms with E-state index in [-0.39, 0.29) is 24.3 Å². The average Bonchev–Trinajstić information content (AvgIpc) is 2.99. The van der Waals surface area contributed by atoms with Crippen LogP contribution in [0.3, 0.4) is 0 Å². The summed E-state index contributed by atoms with van der Waals surface area (Å²) in [6.45, 7) is 6.37. The predicted molar refractivity (Wildman–Crippen MR) is 111 cm³/mol. The zero-order valence-electron chi connectivity index (χ0n) is 16.5. The van der Waals surface area contributed by atoms with E-state index in [0.29, 0.717) is 13.0 Å². The van der Waals surface area contributed by atoms with Crippen LogP contribution in [0.25, 0.3) is 11.0 Å². The van der Waals surface area contributed by atoms with Gasteiger partial charge in [0, 0.05) is 24.6 Å². The van der Waals surface area contributed by atoms with Gasteiger partial charge in [-0.15, -0.1) is 0 Å². The van der Waals surface area contributed by atoms with Crippen molar-refractivity contribution in [2.24, 2.45) is 5.92 Å². The number of benzene rings is 2. The summed E-state index contributed by atoms with van der Waals surface area (Å²) in [6.07, 6.45) is 0.560. The van der Waals surface area contributed by atoms with Crippen molar-refractivity contribution in [3.05, 3.63) is 59.9 Å². The predicted octanol–water partition coefficient (Wildman–Crippen LogP) is 3.30. The minimum atomic E-state index is -0.110. The maximum absolute atomic E-state index is 12.6. The molecule has 0 unspecified atom stereocenters. The van der Waals surface area contributed by atoms with Gasteiger partial charge in [-0.25, -0.2) is 4.98 Å². The maximum Gasteiger partial charge on any atom is 0.244 e. The van der Waals surface area contributed by atoms with Crippen molar-refractivity contribution in [2.75, 3.05) is 11.9 Å². The third-order valence-corrected chi connectivity index (χ3v) is 4.51. The zero-order valence-corrected chi connectivity index (χ0v) is 16.5. The first kappa shape index (κ1) is 19.6. The fourth-order valence-corrected chi connectivity index (χ4v) is 3.06. The maximum atomic E-state index is 12.6. The molecular formula is C22H26N4O2. The van der Waals surface area contributed by atoms with Gasteiger partial charge in [0.05, 0.1) is 11.0 Å². The van der Waals surface area contributed by atoms with E-state index >= 15 is 0 Å². The van der Waals surface area contributed by atoms with Crippen molar-refractivity contribution >= 4 is 28.5 Å². The Morgan fingerprint density at radius 3 is 2.64 bits per heavy atom. The number of nitrogens with one attached hydrogen (secondary N) is 2. The molecule has 2 N–H and O–H groups in total. The summed E-state index contributed by atoms with van der Waals surface area (Å²) in [5.41, 5.74) is 3.62. The van der Waals surface area contributed by atoms with E-state index in [1.807, 2.05) is 73.9 Å². The molecule has 3 aromatic rings. The van der Waals surface area contributed by atoms with Gasteiger partial charge in [-0.2, -0.15) is 0 Å². The Morgan fingerprint density at radius 1 is 1.11 bits per heavy atom. The van der Waals surface area contributed by atoms with Gasteiger partial charge in [0.25, 0.3) is 0 Å². The Hall–Kier alpha value is -3.15. The highest BCUT2D eigenvalue weighted by Crippen LogP contribution is 2.17. The SMILES string of the molecule is Cc1cccc(NC(=O)Cn2c(CCNC(=O)C(C)C)nc3ccccc32)c1. The molecule has 28 heavy (non-hydrogen) atoms. The summed E-state index contributed by atoms with van der Waals surface area (Å²) in [6, 6.07) is 15.5. The summed E-state index contributed by atoms with van der Waals surface area (Å²) in [5.74, 6) is 0.629. The normalized spacial score (nSPS) is 11.0. The van der Waals surface area contributed by atoms with E-state index in [9.17, 15) is 9.59 Å². The van der Waals surface area contributed by atoms with Crippen LogP contribution < -0.4 is 10.6 Å². The molecule has 0 saturated carbocycles. The molecule has 0 aliphatic heterocycles. The molecular weight excluding hydrogens is 352 g/mol. The van der Waals surface area contributed by atoms with Crippen LogP contribution in [0.5, 0.6) is 0 Å². The number of rotatable bonds is 7. The number of aryl methyl sites for hydroxylation is 1. The highest BCUT2D eigenvalue weighted by molar-refractivity contribution is 5.91. The summed E-state index contributed by atoms with van der Waals surface area (Å²) in [4.78, 5) is 29.1. The van der Waals surface area contributed by atoms with Gasteiger partial charge in [0.2, 0.25) is 11.8 Å². The van der Waals surface area contributed by atoms with Crippen LogP contribution in [0, 0.1) is 12.8 Å². The lowest BCUT2D eigenvalue weighted by Crippen LogP contribution is -2.30. The number of carbonyl (C=O) groups is 2. The van der Waals surface area contributed by atoms with Crippen LogP contribution in [0.1, 0.15) is 25.2 Å². The van der Waals surface area contributed by atoms with E-state index in [1.54, 1.807) is 0 Å². The molecule has 1 heterocycles. The Bertz CT molecular complexity index is 991. The Kier molecular flexibility index (Phi) is 6.09. The lowest BCUT2D eigenvalue weighted by atomic mass is 10.2. The van der Waals surface area contributed by atoms with E-state index in [2.05, 4.69) is 15.6 Å². The summed E-state index contributed by atoms with van der Waals surface area (Å²) < 4.78 is 1.92. The van der Waals surface area contributed by atoms with Gasteiger partial charge in [0.15, 0.2) is 0 Å². The molecule has 0 spiro atoms. The fraction of sp³-hybridized carbons (Fsp3) is 0.318. The van der Waals surface area contributed by atoms with E-state index in [0.717, 1.165) is 28.1 Å². The first-order chi connectivity index (χ1) is 13.4. The number of carbonyl (C=O) groups excluding carboxylic acids is 2. The van der Waals surface area contributed by atoms with Crippen LogP contribution in [0.4, 0.5) is 5.69 Å². The molecule has 0 atom stereocenters. The van der Waals surface area contributed by atoms with Crippen LogP contribution in [0.15, 0.2) is 48.5 Å². The molecule has 6 nitrogen and oxygen atoms in total. The average molecular weight is 378 g/mol. The standard InChI is InChI=1S/C22H26N4O2/c1-15(2)22(28)23-12-11-20-25-18-9-4-5-10-19(18)26(20)14-21(27)24-17-8-6-7-16(3)13-17/h4-10,13,15H,11-12,14H2,1-3H3,(H,23,28)(H,24,27). The smallest absolute Gasteiger partial charge is 0.244 e. The van der Waals surface area contributed by atoms with Gasteiger partial charge in [-0.05, 0) is 36.8 Å². The third-order valence-electron chi connectivity index (χ3n) is 4.51. The molecule has 0 radical (unpaired) electrons. The number of fused-ring (bicyclic) bond motifs is 1. The number of anilines is 1. The van der Waals surface area contributed by atoms with Crippen molar-refractivity contribution in [2.45, 2.75) is 33.7 Å². The lowest BCUT2D eigenvalue weighted by Gasteiger charge is -2.11. The summed E-state index contributed by atoms with van der Waals surface area (Å²) in [5, 5.41) is 5.85. The zero-order chi connectivity index (χ0) is 20.1. The second-order valence-corrected chi connectivity index (χ2v) is 7.22. The van der Waals surface area contributed by atoms with E-state index < -0.39 is 0 Å². The molecule has 1 aromatic heterocycles. The number of nitrogens with zero attached hydrogens (tertiary/aromatic N) is 2. The molecule has 0 fully saturated rings. The topological polar surface area (TPSA) is 76.0 Å². The number of hydrogen-bond acceptors (Lipinski definition) is 3. The number of imidazole rings is 1. The molecule has 3 rings (SSSR count). The Morgan fingerprint density at radius 2 is 1.89 bits per heavy atom.